The Morgan fingerprint density at radius 2 is 1.80 bits per heavy atom. The van der Waals surface area contributed by atoms with Crippen LogP contribution in [0.15, 0.2) is 47.4 Å². The minimum atomic E-state index is -3.60. The zero-order chi connectivity index (χ0) is 21.7. The minimum Gasteiger partial charge on any atom is -0.352 e. The molecule has 0 atom stereocenters. The largest absolute Gasteiger partial charge is 0.352 e. The van der Waals surface area contributed by atoms with Gasteiger partial charge in [-0.15, -0.1) is 0 Å². The number of halogens is 1. The van der Waals surface area contributed by atoms with Gasteiger partial charge in [0.1, 0.15) is 5.82 Å². The van der Waals surface area contributed by atoms with Gasteiger partial charge in [0, 0.05) is 25.2 Å². The smallest absolute Gasteiger partial charge is 0.251 e. The highest BCUT2D eigenvalue weighted by molar-refractivity contribution is 7.89. The number of benzene rings is 2. The third kappa shape index (κ3) is 5.46. The number of rotatable bonds is 7. The van der Waals surface area contributed by atoms with Crippen LogP contribution in [0.2, 0.25) is 0 Å². The van der Waals surface area contributed by atoms with E-state index in [4.69, 9.17) is 0 Å². The molecule has 0 radical (unpaired) electrons. The monoisotopic (exact) mass is 432 g/mol. The second-order valence-corrected chi connectivity index (χ2v) is 9.99. The summed E-state index contributed by atoms with van der Waals surface area (Å²) in [6.07, 6.45) is 3.14. The Labute approximate surface area is 178 Å². The van der Waals surface area contributed by atoms with E-state index >= 15 is 0 Å². The van der Waals surface area contributed by atoms with Crippen LogP contribution in [0.1, 0.15) is 47.7 Å². The Morgan fingerprint density at radius 1 is 1.13 bits per heavy atom. The van der Waals surface area contributed by atoms with Gasteiger partial charge in [0.15, 0.2) is 0 Å². The summed E-state index contributed by atoms with van der Waals surface area (Å²) in [6, 6.07) is 11.1. The number of nitrogens with zero attached hydrogens (tertiary/aromatic N) is 1. The normalized spacial score (nSPS) is 15.8. The number of sulfonamides is 1. The molecule has 0 aliphatic carbocycles. The SMILES string of the molecule is Cc1ccc(S(=O)(=O)N2CCC(C)CC2)cc1C(=O)NCCCc1ccc(F)cc1. The van der Waals surface area contributed by atoms with E-state index in [0.717, 1.165) is 30.4 Å². The van der Waals surface area contributed by atoms with Gasteiger partial charge in [-0.25, -0.2) is 12.8 Å². The van der Waals surface area contributed by atoms with Crippen LogP contribution in [0.3, 0.4) is 0 Å². The van der Waals surface area contributed by atoms with Gasteiger partial charge in [-0.3, -0.25) is 4.79 Å². The number of hydrogen-bond acceptors (Lipinski definition) is 3. The lowest BCUT2D eigenvalue weighted by Crippen LogP contribution is -2.38. The van der Waals surface area contributed by atoms with Gasteiger partial charge in [-0.05, 0) is 73.9 Å². The van der Waals surface area contributed by atoms with Crippen LogP contribution >= 0.6 is 0 Å². The lowest BCUT2D eigenvalue weighted by Gasteiger charge is -2.29. The number of carbonyl (C=O) groups is 1. The molecule has 7 heteroatoms. The van der Waals surface area contributed by atoms with Gasteiger partial charge in [-0.1, -0.05) is 25.1 Å². The van der Waals surface area contributed by atoms with Crippen LogP contribution in [0, 0.1) is 18.7 Å². The first-order valence-corrected chi connectivity index (χ1v) is 11.8. The van der Waals surface area contributed by atoms with E-state index < -0.39 is 10.0 Å². The summed E-state index contributed by atoms with van der Waals surface area (Å²) in [5.41, 5.74) is 2.12. The Balaban J connectivity index is 1.62. The molecule has 1 saturated heterocycles. The van der Waals surface area contributed by atoms with Crippen molar-refractivity contribution in [2.75, 3.05) is 19.6 Å². The topological polar surface area (TPSA) is 66.5 Å². The zero-order valence-corrected chi connectivity index (χ0v) is 18.3. The number of amides is 1. The Hall–Kier alpha value is -2.25. The molecule has 162 valence electrons. The maximum Gasteiger partial charge on any atom is 0.251 e. The Bertz CT molecular complexity index is 982. The Kier molecular flexibility index (Phi) is 7.26. The first-order valence-electron chi connectivity index (χ1n) is 10.4. The molecule has 5 nitrogen and oxygen atoms in total. The van der Waals surface area contributed by atoms with Gasteiger partial charge < -0.3 is 5.32 Å². The van der Waals surface area contributed by atoms with Crippen LogP contribution in [0.5, 0.6) is 0 Å². The number of carbonyl (C=O) groups excluding carboxylic acids is 1. The third-order valence-electron chi connectivity index (χ3n) is 5.68. The summed E-state index contributed by atoms with van der Waals surface area (Å²) >= 11 is 0. The molecule has 0 bridgehead atoms. The number of piperidine rings is 1. The van der Waals surface area contributed by atoms with Crippen LogP contribution in [0.25, 0.3) is 0 Å². The molecule has 1 N–H and O–H groups in total. The van der Waals surface area contributed by atoms with Gasteiger partial charge in [0.25, 0.3) is 5.91 Å². The quantitative estimate of drug-likeness (QED) is 0.675. The molecule has 1 aliphatic heterocycles. The number of nitrogens with one attached hydrogen (secondary N) is 1. The summed E-state index contributed by atoms with van der Waals surface area (Å²) in [7, 11) is -3.60. The minimum absolute atomic E-state index is 0.166. The van der Waals surface area contributed by atoms with Crippen molar-refractivity contribution < 1.29 is 17.6 Å². The Morgan fingerprint density at radius 3 is 2.47 bits per heavy atom. The van der Waals surface area contributed by atoms with Gasteiger partial charge in [0.2, 0.25) is 10.0 Å². The maximum atomic E-state index is 13.0. The average molecular weight is 433 g/mol. The van der Waals surface area contributed by atoms with Gasteiger partial charge >= 0.3 is 0 Å². The van der Waals surface area contributed by atoms with Gasteiger partial charge in [-0.2, -0.15) is 4.31 Å². The number of hydrogen-bond donors (Lipinski definition) is 1. The van der Waals surface area contributed by atoms with Crippen molar-refractivity contribution in [3.63, 3.8) is 0 Å². The van der Waals surface area contributed by atoms with Crippen LogP contribution in [-0.2, 0) is 16.4 Å². The van der Waals surface area contributed by atoms with Crippen molar-refractivity contribution in [1.82, 2.24) is 9.62 Å². The lowest BCUT2D eigenvalue weighted by molar-refractivity contribution is 0.0952. The molecule has 0 aromatic heterocycles. The molecule has 1 aliphatic rings. The van der Waals surface area contributed by atoms with E-state index in [0.29, 0.717) is 37.5 Å². The van der Waals surface area contributed by atoms with E-state index in [9.17, 15) is 17.6 Å². The molecule has 1 heterocycles. The molecule has 1 amide bonds. The molecular weight excluding hydrogens is 403 g/mol. The molecule has 2 aromatic carbocycles. The van der Waals surface area contributed by atoms with Crippen molar-refractivity contribution in [3.8, 4) is 0 Å². The molecule has 3 rings (SSSR count). The maximum absolute atomic E-state index is 13.0. The highest BCUT2D eigenvalue weighted by atomic mass is 32.2. The fourth-order valence-corrected chi connectivity index (χ4v) is 5.12. The van der Waals surface area contributed by atoms with Crippen molar-refractivity contribution in [3.05, 3.63) is 65.0 Å². The van der Waals surface area contributed by atoms with Crippen molar-refractivity contribution >= 4 is 15.9 Å². The van der Waals surface area contributed by atoms with Crippen molar-refractivity contribution in [1.29, 1.82) is 0 Å². The summed E-state index contributed by atoms with van der Waals surface area (Å²) in [4.78, 5) is 12.8. The van der Waals surface area contributed by atoms with Crippen LogP contribution < -0.4 is 5.32 Å². The first-order chi connectivity index (χ1) is 14.3. The van der Waals surface area contributed by atoms with E-state index in [1.165, 1.54) is 22.5 Å². The third-order valence-corrected chi connectivity index (χ3v) is 7.57. The molecule has 0 spiro atoms. The second-order valence-electron chi connectivity index (χ2n) is 8.05. The summed E-state index contributed by atoms with van der Waals surface area (Å²) < 4.78 is 40.4. The predicted molar refractivity (Wildman–Crippen MR) is 115 cm³/mol. The summed E-state index contributed by atoms with van der Waals surface area (Å²) in [6.45, 7) is 5.42. The van der Waals surface area contributed by atoms with Crippen molar-refractivity contribution in [2.24, 2.45) is 5.92 Å². The molecule has 0 unspecified atom stereocenters. The van der Waals surface area contributed by atoms with E-state index in [-0.39, 0.29) is 16.6 Å². The van der Waals surface area contributed by atoms with E-state index in [2.05, 4.69) is 12.2 Å². The fourth-order valence-electron chi connectivity index (χ4n) is 3.62. The van der Waals surface area contributed by atoms with E-state index in [1.54, 1.807) is 31.2 Å². The van der Waals surface area contributed by atoms with Crippen LogP contribution in [-0.4, -0.2) is 38.3 Å². The predicted octanol–water partition coefficient (Wildman–Crippen LogP) is 3.92. The molecule has 30 heavy (non-hydrogen) atoms. The average Bonchev–Trinajstić information content (AvgIpc) is 2.73. The highest BCUT2D eigenvalue weighted by Gasteiger charge is 2.28. The van der Waals surface area contributed by atoms with Crippen molar-refractivity contribution in [2.45, 2.75) is 44.4 Å². The molecular formula is C23H29FN2O3S. The van der Waals surface area contributed by atoms with Gasteiger partial charge in [0.05, 0.1) is 4.90 Å². The van der Waals surface area contributed by atoms with E-state index in [1.807, 2.05) is 0 Å². The highest BCUT2D eigenvalue weighted by Crippen LogP contribution is 2.25. The lowest BCUT2D eigenvalue weighted by atomic mass is 10.0. The standard InChI is InChI=1S/C23H29FN2O3S/c1-17-11-14-26(15-12-17)30(28,29)21-10-5-18(2)22(16-21)23(27)25-13-3-4-19-6-8-20(24)9-7-19/h5-10,16-17H,3-4,11-15H2,1-2H3,(H,25,27). The zero-order valence-electron chi connectivity index (χ0n) is 17.5. The second kappa shape index (κ2) is 9.71. The molecule has 2 aromatic rings. The molecule has 0 saturated carbocycles. The molecule has 1 fully saturated rings. The number of aryl methyl sites for hydroxylation is 2. The first kappa shape index (κ1) is 22.4. The summed E-state index contributed by atoms with van der Waals surface area (Å²) in [5.74, 6) is -0.0157. The fraction of sp³-hybridized carbons (Fsp3) is 0.435. The van der Waals surface area contributed by atoms with Crippen LogP contribution in [0.4, 0.5) is 4.39 Å². The summed E-state index contributed by atoms with van der Waals surface area (Å²) in [5, 5.41) is 2.86.